The number of hydrogen-bond donors (Lipinski definition) is 1. The molecule has 8 nitrogen and oxygen atoms in total. The first kappa shape index (κ1) is 25.0. The highest BCUT2D eigenvalue weighted by atomic mass is 16.5. The Bertz CT molecular complexity index is 652. The van der Waals surface area contributed by atoms with Gasteiger partial charge in [-0.25, -0.2) is 0 Å². The first-order valence-corrected chi connectivity index (χ1v) is 8.43. The highest BCUT2D eigenvalue weighted by Crippen LogP contribution is 2.06. The Morgan fingerprint density at radius 2 is 1.46 bits per heavy atom. The van der Waals surface area contributed by atoms with Gasteiger partial charge in [-0.1, -0.05) is 7.43 Å². The average Bonchev–Trinajstić information content (AvgIpc) is 2.68. The van der Waals surface area contributed by atoms with Crippen molar-refractivity contribution in [3.63, 3.8) is 0 Å². The molecule has 2 rings (SSSR count). The van der Waals surface area contributed by atoms with E-state index in [0.29, 0.717) is 24.5 Å². The van der Waals surface area contributed by atoms with Crippen LogP contribution in [0, 0.1) is 0 Å². The topological polar surface area (TPSA) is 108 Å². The zero-order valence-corrected chi connectivity index (χ0v) is 15.2. The molecule has 0 atom stereocenters. The van der Waals surface area contributed by atoms with E-state index in [1.54, 1.807) is 49.9 Å². The minimum absolute atomic E-state index is 0. The molecule has 2 aromatic heterocycles. The van der Waals surface area contributed by atoms with Crippen molar-refractivity contribution in [2.45, 2.75) is 27.2 Å². The maximum atomic E-state index is 11.0. The van der Waals surface area contributed by atoms with Crippen molar-refractivity contribution in [1.82, 2.24) is 9.97 Å². The molecule has 0 saturated heterocycles. The van der Waals surface area contributed by atoms with Crippen LogP contribution in [0.25, 0.3) is 0 Å². The van der Waals surface area contributed by atoms with Crippen LogP contribution < -0.4 is 9.47 Å². The van der Waals surface area contributed by atoms with Gasteiger partial charge < -0.3 is 19.3 Å². The third-order valence-corrected chi connectivity index (χ3v) is 2.92. The maximum Gasteiger partial charge on any atom is 0.309 e. The number of aromatic nitrogens is 2. The van der Waals surface area contributed by atoms with Gasteiger partial charge in [0.2, 0.25) is 0 Å². The molecule has 0 spiro atoms. The number of hydrogen-bond acceptors (Lipinski definition) is 8. The Hall–Kier alpha value is -3.00. The summed E-state index contributed by atoms with van der Waals surface area (Å²) in [6.07, 6.45) is 7.13. The average molecular weight is 392 g/mol. The molecular formula is C20H28N2O6. The number of carbonyl (C=O) groups excluding carboxylic acids is 2. The number of aliphatic hydroxyl groups excluding tert-OH is 1. The van der Waals surface area contributed by atoms with E-state index in [9.17, 15) is 9.59 Å². The molecule has 28 heavy (non-hydrogen) atoms. The first-order chi connectivity index (χ1) is 13.1. The molecule has 0 aromatic carbocycles. The van der Waals surface area contributed by atoms with E-state index < -0.39 is 0 Å². The summed E-state index contributed by atoms with van der Waals surface area (Å²) in [5.74, 6) is 1.08. The molecule has 154 valence electrons. The van der Waals surface area contributed by atoms with E-state index in [1.807, 2.05) is 6.07 Å². The second-order valence-electron chi connectivity index (χ2n) is 5.22. The van der Waals surface area contributed by atoms with Gasteiger partial charge in [-0.2, -0.15) is 0 Å². The number of ether oxygens (including phenoxy) is 3. The van der Waals surface area contributed by atoms with E-state index >= 15 is 0 Å². The number of rotatable bonds is 10. The molecule has 0 saturated carbocycles. The van der Waals surface area contributed by atoms with Gasteiger partial charge in [0.15, 0.2) is 0 Å². The Balaban J connectivity index is 0.000000514. The van der Waals surface area contributed by atoms with Crippen LogP contribution >= 0.6 is 0 Å². The van der Waals surface area contributed by atoms with Gasteiger partial charge in [-0.15, -0.1) is 0 Å². The molecule has 1 N–H and O–H groups in total. The predicted molar refractivity (Wildman–Crippen MR) is 104 cm³/mol. The normalized spacial score (nSPS) is 9.21. The lowest BCUT2D eigenvalue weighted by molar-refractivity contribution is -0.145. The van der Waals surface area contributed by atoms with Crippen LogP contribution in [0.1, 0.15) is 27.2 Å². The first-order valence-electron chi connectivity index (χ1n) is 8.43. The summed E-state index contributed by atoms with van der Waals surface area (Å²) < 4.78 is 15.1. The Kier molecular flexibility index (Phi) is 14.5. The maximum absolute atomic E-state index is 11.0. The van der Waals surface area contributed by atoms with Crippen LogP contribution in [0.5, 0.6) is 11.5 Å². The molecule has 2 aromatic rings. The summed E-state index contributed by atoms with van der Waals surface area (Å²) >= 11 is 0. The second kappa shape index (κ2) is 16.2. The van der Waals surface area contributed by atoms with Crippen molar-refractivity contribution in [2.75, 3.05) is 26.4 Å². The highest BCUT2D eigenvalue weighted by Gasteiger charge is 2.02. The summed E-state index contributed by atoms with van der Waals surface area (Å²) in [5.41, 5.74) is 0. The van der Waals surface area contributed by atoms with Gasteiger partial charge in [0.05, 0.1) is 38.6 Å². The lowest BCUT2D eigenvalue weighted by Crippen LogP contribution is -2.12. The van der Waals surface area contributed by atoms with Crippen LogP contribution in [-0.4, -0.2) is 53.3 Å². The number of carbonyl (C=O) groups is 2. The molecule has 0 unspecified atom stereocenters. The summed E-state index contributed by atoms with van der Waals surface area (Å²) in [4.78, 5) is 29.2. The summed E-state index contributed by atoms with van der Waals surface area (Å²) in [5, 5.41) is 8.40. The molecule has 0 amide bonds. The fraction of sp³-hybridized carbons (Fsp3) is 0.400. The molecular weight excluding hydrogens is 364 g/mol. The Morgan fingerprint density at radius 3 is 1.89 bits per heavy atom. The zero-order chi connectivity index (χ0) is 19.7. The van der Waals surface area contributed by atoms with Crippen LogP contribution in [-0.2, 0) is 14.3 Å². The van der Waals surface area contributed by atoms with Gasteiger partial charge in [-0.05, 0) is 31.2 Å². The molecule has 8 heteroatoms. The lowest BCUT2D eigenvalue weighted by atomic mass is 10.3. The molecule has 2 heterocycles. The van der Waals surface area contributed by atoms with Crippen molar-refractivity contribution in [3.05, 3.63) is 49.1 Å². The molecule has 0 radical (unpaired) electrons. The Labute approximate surface area is 165 Å². The van der Waals surface area contributed by atoms with E-state index in [1.165, 1.54) is 0 Å². The number of esters is 1. The Morgan fingerprint density at radius 1 is 0.929 bits per heavy atom. The van der Waals surface area contributed by atoms with Crippen LogP contribution in [0.15, 0.2) is 49.1 Å². The van der Waals surface area contributed by atoms with Crippen LogP contribution in [0.4, 0.5) is 0 Å². The summed E-state index contributed by atoms with van der Waals surface area (Å²) in [6, 6.07) is 7.11. The molecule has 0 aliphatic carbocycles. The van der Waals surface area contributed by atoms with Gasteiger partial charge >= 0.3 is 5.97 Å². The van der Waals surface area contributed by atoms with E-state index in [2.05, 4.69) is 14.7 Å². The number of Topliss-reactive ketones (excluding diaryl/α,β-unsaturated/α-hetero) is 1. The monoisotopic (exact) mass is 392 g/mol. The molecule has 0 fully saturated rings. The van der Waals surface area contributed by atoms with Crippen LogP contribution in [0.3, 0.4) is 0 Å². The fourth-order valence-electron chi connectivity index (χ4n) is 1.66. The SMILES string of the molecule is C.CC(=O)CCOc1cccnc1.O=C(CCOc1cccnc1)OCCO. The standard InChI is InChI=1S/C10H13NO4.C9H11NO2.CH4/c12-5-7-15-10(13)3-6-14-9-2-1-4-11-8-9;1-8(11)4-6-12-9-3-2-5-10-7-9;/h1-2,4,8,12H,3,5-7H2;2-3,5,7H,4,6H2,1H3;1H4. The van der Waals surface area contributed by atoms with E-state index in [0.717, 1.165) is 0 Å². The second-order valence-corrected chi connectivity index (χ2v) is 5.22. The van der Waals surface area contributed by atoms with Gasteiger partial charge in [0.1, 0.15) is 23.9 Å². The molecule has 0 bridgehead atoms. The number of ketones is 1. The van der Waals surface area contributed by atoms with Gasteiger partial charge in [-0.3, -0.25) is 19.6 Å². The fourth-order valence-corrected chi connectivity index (χ4v) is 1.66. The third-order valence-electron chi connectivity index (χ3n) is 2.92. The summed E-state index contributed by atoms with van der Waals surface area (Å²) in [6.45, 7) is 2.10. The predicted octanol–water partition coefficient (Wildman–Crippen LogP) is 2.46. The zero-order valence-electron chi connectivity index (χ0n) is 15.2. The number of nitrogens with zero attached hydrogens (tertiary/aromatic N) is 2. The van der Waals surface area contributed by atoms with E-state index in [4.69, 9.17) is 14.6 Å². The molecule has 0 aliphatic heterocycles. The van der Waals surface area contributed by atoms with Crippen molar-refractivity contribution in [2.24, 2.45) is 0 Å². The highest BCUT2D eigenvalue weighted by molar-refractivity contribution is 5.75. The number of aliphatic hydroxyl groups is 1. The third kappa shape index (κ3) is 13.2. The lowest BCUT2D eigenvalue weighted by Gasteiger charge is -2.05. The smallest absolute Gasteiger partial charge is 0.309 e. The minimum atomic E-state index is -0.382. The minimum Gasteiger partial charge on any atom is -0.492 e. The van der Waals surface area contributed by atoms with Gasteiger partial charge in [0.25, 0.3) is 0 Å². The molecule has 0 aliphatic rings. The van der Waals surface area contributed by atoms with Crippen molar-refractivity contribution >= 4 is 11.8 Å². The number of pyridine rings is 2. The van der Waals surface area contributed by atoms with Crippen LogP contribution in [0.2, 0.25) is 0 Å². The quantitative estimate of drug-likeness (QED) is 0.614. The largest absolute Gasteiger partial charge is 0.492 e. The van der Waals surface area contributed by atoms with Crippen molar-refractivity contribution in [1.29, 1.82) is 0 Å². The van der Waals surface area contributed by atoms with Gasteiger partial charge in [0, 0.05) is 18.8 Å². The van der Waals surface area contributed by atoms with Crippen molar-refractivity contribution < 1.29 is 28.9 Å². The van der Waals surface area contributed by atoms with E-state index in [-0.39, 0.29) is 45.4 Å². The van der Waals surface area contributed by atoms with Crippen molar-refractivity contribution in [3.8, 4) is 11.5 Å². The summed E-state index contributed by atoms with van der Waals surface area (Å²) in [7, 11) is 0.